The molecule has 1 aromatic carbocycles. The number of nitrogens with one attached hydrogen (secondary N) is 1. The molecule has 124 valence electrons. The Morgan fingerprint density at radius 2 is 1.87 bits per heavy atom. The maximum Gasteiger partial charge on any atom is 0.397 e. The highest BCUT2D eigenvalue weighted by Crippen LogP contribution is 2.40. The zero-order chi connectivity index (χ0) is 17.1. The lowest BCUT2D eigenvalue weighted by molar-refractivity contribution is -0.180. The van der Waals surface area contributed by atoms with Crippen LogP contribution in [0.1, 0.15) is 31.2 Å². The molecule has 1 unspecified atom stereocenters. The lowest BCUT2D eigenvalue weighted by atomic mass is 9.84. The minimum atomic E-state index is -4.33. The van der Waals surface area contributed by atoms with Gasteiger partial charge >= 0.3 is 6.18 Å². The fraction of sp³-hybridized carbons (Fsp3) is 0.353. The molecule has 23 heavy (non-hydrogen) atoms. The molecule has 0 fully saturated rings. The summed E-state index contributed by atoms with van der Waals surface area (Å²) in [6.07, 6.45) is -3.60. The van der Waals surface area contributed by atoms with Gasteiger partial charge in [0.15, 0.2) is 0 Å². The molecule has 0 radical (unpaired) electrons. The van der Waals surface area contributed by atoms with E-state index in [1.807, 2.05) is 0 Å². The largest absolute Gasteiger partial charge is 0.397 e. The van der Waals surface area contributed by atoms with Gasteiger partial charge in [-0.15, -0.1) is 0 Å². The zero-order valence-corrected chi connectivity index (χ0v) is 12.9. The van der Waals surface area contributed by atoms with Gasteiger partial charge in [0.25, 0.3) is 0 Å². The molecule has 0 amide bonds. The van der Waals surface area contributed by atoms with Crippen molar-refractivity contribution in [2.75, 3.05) is 11.9 Å². The lowest BCUT2D eigenvalue weighted by Crippen LogP contribution is -2.36. The van der Waals surface area contributed by atoms with Crippen LogP contribution >= 0.6 is 0 Å². The maximum atomic E-state index is 13.1. The van der Waals surface area contributed by atoms with Gasteiger partial charge in [0.2, 0.25) is 0 Å². The van der Waals surface area contributed by atoms with Gasteiger partial charge in [-0.2, -0.15) is 13.2 Å². The van der Waals surface area contributed by atoms with E-state index in [1.54, 1.807) is 36.5 Å². The van der Waals surface area contributed by atoms with Crippen LogP contribution in [-0.4, -0.2) is 22.8 Å². The number of aliphatic hydroxyl groups excluding tert-OH is 1. The number of hydrogen-bond donors (Lipinski definition) is 2. The number of halogens is 3. The molecule has 0 saturated heterocycles. The molecule has 1 aromatic heterocycles. The van der Waals surface area contributed by atoms with Crippen LogP contribution in [0.2, 0.25) is 0 Å². The summed E-state index contributed by atoms with van der Waals surface area (Å²) in [6.45, 7) is 2.45. The first-order valence-electron chi connectivity index (χ1n) is 7.22. The Morgan fingerprint density at radius 3 is 2.48 bits per heavy atom. The summed E-state index contributed by atoms with van der Waals surface area (Å²) in [7, 11) is 0. The maximum absolute atomic E-state index is 13.1. The summed E-state index contributed by atoms with van der Waals surface area (Å²) in [5.41, 5.74) is -0.742. The number of nitrogens with zero attached hydrogens (tertiary/aromatic N) is 1. The van der Waals surface area contributed by atoms with E-state index in [1.165, 1.54) is 12.1 Å². The molecule has 1 heterocycles. The van der Waals surface area contributed by atoms with Crippen LogP contribution in [0.5, 0.6) is 0 Å². The molecule has 0 bridgehead atoms. The predicted molar refractivity (Wildman–Crippen MR) is 83.2 cm³/mol. The average Bonchev–Trinajstić information content (AvgIpc) is 2.52. The number of anilines is 1. The smallest absolute Gasteiger partial charge is 0.385 e. The second-order valence-electron chi connectivity index (χ2n) is 5.85. The van der Waals surface area contributed by atoms with Crippen LogP contribution in [0.15, 0.2) is 48.7 Å². The quantitative estimate of drug-likeness (QED) is 0.871. The molecule has 2 rings (SSSR count). The fourth-order valence-electron chi connectivity index (χ4n) is 2.07. The third-order valence-corrected chi connectivity index (χ3v) is 3.82. The monoisotopic (exact) mass is 324 g/mol. The van der Waals surface area contributed by atoms with Gasteiger partial charge in [-0.25, -0.2) is 0 Å². The molecule has 6 heteroatoms. The Labute approximate surface area is 133 Å². The molecule has 0 aliphatic heterocycles. The topological polar surface area (TPSA) is 45.1 Å². The summed E-state index contributed by atoms with van der Waals surface area (Å²) < 4.78 is 39.4. The van der Waals surface area contributed by atoms with Crippen molar-refractivity contribution >= 4 is 5.69 Å². The molecule has 3 nitrogen and oxygen atoms in total. The van der Waals surface area contributed by atoms with Crippen molar-refractivity contribution in [3.63, 3.8) is 0 Å². The van der Waals surface area contributed by atoms with Crippen LogP contribution in [-0.2, 0) is 5.41 Å². The van der Waals surface area contributed by atoms with E-state index >= 15 is 0 Å². The Morgan fingerprint density at radius 1 is 1.13 bits per heavy atom. The van der Waals surface area contributed by atoms with Gasteiger partial charge in [-0.3, -0.25) is 4.98 Å². The predicted octanol–water partition coefficient (Wildman–Crippen LogP) is 4.07. The van der Waals surface area contributed by atoms with Crippen LogP contribution in [0.4, 0.5) is 18.9 Å². The van der Waals surface area contributed by atoms with Gasteiger partial charge in [-0.05, 0) is 43.7 Å². The number of benzene rings is 1. The van der Waals surface area contributed by atoms with Crippen LogP contribution in [0.3, 0.4) is 0 Å². The highest BCUT2D eigenvalue weighted by molar-refractivity contribution is 5.48. The van der Waals surface area contributed by atoms with Crippen molar-refractivity contribution in [2.24, 2.45) is 0 Å². The number of aliphatic hydroxyl groups is 1. The summed E-state index contributed by atoms with van der Waals surface area (Å²) in [5.74, 6) is 0. The SMILES string of the molecule is CC(C)(c1cccc(NCC(O)c2ccccn2)c1)C(F)(F)F. The van der Waals surface area contributed by atoms with E-state index in [9.17, 15) is 18.3 Å². The van der Waals surface area contributed by atoms with E-state index < -0.39 is 17.7 Å². The molecule has 1 atom stereocenters. The van der Waals surface area contributed by atoms with Crippen molar-refractivity contribution in [3.8, 4) is 0 Å². The molecular weight excluding hydrogens is 305 g/mol. The Bertz CT molecular complexity index is 642. The third kappa shape index (κ3) is 4.01. The van der Waals surface area contributed by atoms with Gasteiger partial charge in [0.05, 0.1) is 11.1 Å². The zero-order valence-electron chi connectivity index (χ0n) is 12.9. The number of rotatable bonds is 5. The minimum absolute atomic E-state index is 0.160. The van der Waals surface area contributed by atoms with E-state index in [0.29, 0.717) is 11.4 Å². The molecule has 0 aliphatic carbocycles. The van der Waals surface area contributed by atoms with Crippen molar-refractivity contribution in [3.05, 3.63) is 59.9 Å². The Balaban J connectivity index is 2.09. The van der Waals surface area contributed by atoms with E-state index in [-0.39, 0.29) is 12.1 Å². The van der Waals surface area contributed by atoms with Gasteiger partial charge in [0, 0.05) is 18.4 Å². The van der Waals surface area contributed by atoms with Crippen molar-refractivity contribution < 1.29 is 18.3 Å². The lowest BCUT2D eigenvalue weighted by Gasteiger charge is -2.28. The van der Waals surface area contributed by atoms with Gasteiger partial charge in [-0.1, -0.05) is 18.2 Å². The first kappa shape index (κ1) is 17.3. The van der Waals surface area contributed by atoms with Crippen molar-refractivity contribution in [1.82, 2.24) is 4.98 Å². The second-order valence-corrected chi connectivity index (χ2v) is 5.85. The van der Waals surface area contributed by atoms with E-state index in [4.69, 9.17) is 0 Å². The van der Waals surface area contributed by atoms with Crippen LogP contribution in [0, 0.1) is 0 Å². The minimum Gasteiger partial charge on any atom is -0.385 e. The van der Waals surface area contributed by atoms with Gasteiger partial charge < -0.3 is 10.4 Å². The molecule has 2 N–H and O–H groups in total. The number of aromatic nitrogens is 1. The molecular formula is C17H19F3N2O. The van der Waals surface area contributed by atoms with Crippen LogP contribution < -0.4 is 5.32 Å². The molecule has 0 aliphatic rings. The highest BCUT2D eigenvalue weighted by atomic mass is 19.4. The highest BCUT2D eigenvalue weighted by Gasteiger charge is 2.48. The van der Waals surface area contributed by atoms with E-state index in [2.05, 4.69) is 10.3 Å². The van der Waals surface area contributed by atoms with Crippen LogP contribution in [0.25, 0.3) is 0 Å². The number of pyridine rings is 1. The number of hydrogen-bond acceptors (Lipinski definition) is 3. The second kappa shape index (κ2) is 6.58. The molecule has 0 spiro atoms. The van der Waals surface area contributed by atoms with E-state index in [0.717, 1.165) is 13.8 Å². The standard InChI is InChI=1S/C17H19F3N2O/c1-16(2,17(18,19)20)12-6-5-7-13(10-12)22-11-15(23)14-8-3-4-9-21-14/h3-10,15,22-23H,11H2,1-2H3. The third-order valence-electron chi connectivity index (χ3n) is 3.82. The van der Waals surface area contributed by atoms with Crippen molar-refractivity contribution in [2.45, 2.75) is 31.5 Å². The molecule has 2 aromatic rings. The Hall–Kier alpha value is -2.08. The first-order valence-corrected chi connectivity index (χ1v) is 7.22. The molecule has 0 saturated carbocycles. The number of alkyl halides is 3. The summed E-state index contributed by atoms with van der Waals surface area (Å²) >= 11 is 0. The Kier molecular flexibility index (Phi) is 4.94. The normalized spacial score (nSPS) is 13.7. The summed E-state index contributed by atoms with van der Waals surface area (Å²) in [5, 5.41) is 13.0. The summed E-state index contributed by atoms with van der Waals surface area (Å²) in [4.78, 5) is 4.04. The van der Waals surface area contributed by atoms with Crippen molar-refractivity contribution in [1.29, 1.82) is 0 Å². The first-order chi connectivity index (χ1) is 10.7. The fourth-order valence-corrected chi connectivity index (χ4v) is 2.07. The average molecular weight is 324 g/mol. The van der Waals surface area contributed by atoms with Gasteiger partial charge in [0.1, 0.15) is 6.10 Å². The summed E-state index contributed by atoms with van der Waals surface area (Å²) in [6, 6.07) is 11.3.